The van der Waals surface area contributed by atoms with E-state index in [0.29, 0.717) is 42.3 Å². The lowest BCUT2D eigenvalue weighted by molar-refractivity contribution is -0.231. The fourth-order valence-electron chi connectivity index (χ4n) is 4.76. The fraction of sp³-hybridized carbons (Fsp3) is 0.556. The molecule has 12 nitrogen and oxygen atoms in total. The van der Waals surface area contributed by atoms with Crippen LogP contribution in [-0.2, 0) is 9.47 Å². The Morgan fingerprint density at radius 1 is 0.564 bits per heavy atom. The molecule has 0 aliphatic carbocycles. The van der Waals surface area contributed by atoms with E-state index < -0.39 is 74.3 Å². The van der Waals surface area contributed by atoms with E-state index in [0.717, 1.165) is 0 Å². The van der Waals surface area contributed by atoms with Crippen LogP contribution in [0.2, 0.25) is 0 Å². The summed E-state index contributed by atoms with van der Waals surface area (Å²) in [5.74, 6) is 0.989. The highest BCUT2D eigenvalue weighted by molar-refractivity contribution is 5.32. The topological polar surface area (TPSA) is 199 Å². The second kappa shape index (κ2) is 13.3. The van der Waals surface area contributed by atoms with Crippen LogP contribution < -0.4 is 9.47 Å². The predicted octanol–water partition coefficient (Wildman–Crippen LogP) is -1.44. The largest absolute Gasteiger partial charge is 0.493 e. The summed E-state index contributed by atoms with van der Waals surface area (Å²) in [6, 6.07) is 13.5. The van der Waals surface area contributed by atoms with Crippen LogP contribution in [0.4, 0.5) is 0 Å². The molecule has 12 heteroatoms. The predicted molar refractivity (Wildman–Crippen MR) is 134 cm³/mol. The summed E-state index contributed by atoms with van der Waals surface area (Å²) in [6.45, 7) is -0.429. The molecule has 2 fully saturated rings. The van der Waals surface area contributed by atoms with Crippen LogP contribution in [0.3, 0.4) is 0 Å². The van der Waals surface area contributed by atoms with E-state index in [9.17, 15) is 40.9 Å². The van der Waals surface area contributed by atoms with Gasteiger partial charge < -0.3 is 59.8 Å². The number of aliphatic hydroxyl groups excluding tert-OH is 8. The minimum atomic E-state index is -1.47. The first-order chi connectivity index (χ1) is 18.7. The van der Waals surface area contributed by atoms with Crippen molar-refractivity contribution in [3.63, 3.8) is 0 Å². The standard InChI is InChI=1S/C27H36O12/c28-12-18-20(30)22(32)24(34)26(38-18)14-4-1-6-16(10-14)36-8-3-9-37-17-7-2-5-15(11-17)27-25(35)23(33)21(31)19(13-29)39-27/h1-2,4-7,10-11,18-35H,3,8-9,12-13H2/t18-,19-,20-,21-,22+,23+,24-,25+,26-,27-/m1/s1. The van der Waals surface area contributed by atoms with E-state index in [-0.39, 0.29) is 0 Å². The van der Waals surface area contributed by atoms with Crippen LogP contribution in [0.5, 0.6) is 11.5 Å². The minimum absolute atomic E-state index is 0.296. The van der Waals surface area contributed by atoms with Gasteiger partial charge in [0.2, 0.25) is 0 Å². The van der Waals surface area contributed by atoms with Gasteiger partial charge in [0, 0.05) is 6.42 Å². The maximum atomic E-state index is 10.4. The molecule has 0 spiro atoms. The average Bonchev–Trinajstić information content (AvgIpc) is 2.95. The van der Waals surface area contributed by atoms with Crippen molar-refractivity contribution in [2.45, 2.75) is 67.5 Å². The Hall–Kier alpha value is -2.36. The number of hydrogen-bond donors (Lipinski definition) is 8. The van der Waals surface area contributed by atoms with Crippen LogP contribution in [-0.4, -0.2) is 116 Å². The maximum absolute atomic E-state index is 10.4. The Bertz CT molecular complexity index is 967. The molecule has 2 aliphatic rings. The molecule has 0 amide bonds. The third kappa shape index (κ3) is 6.69. The molecule has 4 rings (SSSR count). The van der Waals surface area contributed by atoms with E-state index >= 15 is 0 Å². The van der Waals surface area contributed by atoms with E-state index in [4.69, 9.17) is 18.9 Å². The second-order valence-electron chi connectivity index (χ2n) is 9.69. The lowest BCUT2D eigenvalue weighted by Gasteiger charge is -2.40. The Kier molecular flexibility index (Phi) is 10.1. The maximum Gasteiger partial charge on any atom is 0.119 e. The van der Waals surface area contributed by atoms with Gasteiger partial charge in [0.1, 0.15) is 72.5 Å². The fourth-order valence-corrected chi connectivity index (χ4v) is 4.76. The normalized spacial score (nSPS) is 35.0. The van der Waals surface area contributed by atoms with Gasteiger partial charge in [-0.15, -0.1) is 0 Å². The molecular weight excluding hydrogens is 516 g/mol. The average molecular weight is 553 g/mol. The quantitative estimate of drug-likeness (QED) is 0.160. The highest BCUT2D eigenvalue weighted by Crippen LogP contribution is 2.35. The van der Waals surface area contributed by atoms with Crippen LogP contribution in [0, 0.1) is 0 Å². The van der Waals surface area contributed by atoms with Crippen molar-refractivity contribution in [3.8, 4) is 11.5 Å². The zero-order chi connectivity index (χ0) is 28.1. The zero-order valence-corrected chi connectivity index (χ0v) is 21.1. The van der Waals surface area contributed by atoms with Crippen molar-refractivity contribution in [2.24, 2.45) is 0 Å². The van der Waals surface area contributed by atoms with Gasteiger partial charge in [-0.25, -0.2) is 0 Å². The summed E-state index contributed by atoms with van der Waals surface area (Å²) in [4.78, 5) is 0. The third-order valence-corrected chi connectivity index (χ3v) is 6.98. The lowest BCUT2D eigenvalue weighted by atomic mass is 9.91. The first-order valence-electron chi connectivity index (χ1n) is 12.8. The molecule has 0 saturated carbocycles. The van der Waals surface area contributed by atoms with Crippen molar-refractivity contribution in [3.05, 3.63) is 59.7 Å². The van der Waals surface area contributed by atoms with Crippen molar-refractivity contribution < 1.29 is 59.8 Å². The Labute approximate surface area is 225 Å². The van der Waals surface area contributed by atoms with Gasteiger partial charge in [-0.1, -0.05) is 24.3 Å². The van der Waals surface area contributed by atoms with Crippen LogP contribution in [0.25, 0.3) is 0 Å². The van der Waals surface area contributed by atoms with Crippen LogP contribution in [0.1, 0.15) is 29.8 Å². The van der Waals surface area contributed by atoms with Crippen molar-refractivity contribution >= 4 is 0 Å². The summed E-state index contributed by atoms with van der Waals surface area (Å²) in [6.07, 6.45) is -12.0. The molecule has 0 aromatic heterocycles. The van der Waals surface area contributed by atoms with Gasteiger partial charge in [0.05, 0.1) is 26.4 Å². The van der Waals surface area contributed by atoms with Gasteiger partial charge in [-0.2, -0.15) is 0 Å². The van der Waals surface area contributed by atoms with Gasteiger partial charge in [-0.3, -0.25) is 0 Å². The van der Waals surface area contributed by atoms with Gasteiger partial charge in [0.15, 0.2) is 0 Å². The molecule has 39 heavy (non-hydrogen) atoms. The number of benzene rings is 2. The summed E-state index contributed by atoms with van der Waals surface area (Å²) in [5, 5.41) is 79.6. The SMILES string of the molecule is OC[C@H]1O[C@H](c2cccc(OCCCOc3cccc([C@H]4O[C@H](CO)[C@@H](O)[C@H](O)[C@@H]4O)c3)c2)[C@H](O)[C@@H](O)[C@@H]1O. The van der Waals surface area contributed by atoms with Gasteiger partial charge >= 0.3 is 0 Å². The molecule has 2 aromatic rings. The van der Waals surface area contributed by atoms with Gasteiger partial charge in [0.25, 0.3) is 0 Å². The summed E-state index contributed by atoms with van der Waals surface area (Å²) in [5.41, 5.74) is 1.04. The molecule has 2 aliphatic heterocycles. The molecule has 2 saturated heterocycles. The molecule has 0 bridgehead atoms. The first-order valence-corrected chi connectivity index (χ1v) is 12.8. The van der Waals surface area contributed by atoms with E-state index in [2.05, 4.69) is 0 Å². The Balaban J connectivity index is 1.28. The molecule has 216 valence electrons. The zero-order valence-electron chi connectivity index (χ0n) is 21.1. The smallest absolute Gasteiger partial charge is 0.119 e. The highest BCUT2D eigenvalue weighted by atomic mass is 16.6. The molecule has 10 atom stereocenters. The molecule has 2 aromatic carbocycles. The van der Waals surface area contributed by atoms with Crippen LogP contribution in [0.15, 0.2) is 48.5 Å². The molecule has 0 radical (unpaired) electrons. The molecule has 2 heterocycles. The molecular formula is C27H36O12. The summed E-state index contributed by atoms with van der Waals surface area (Å²) >= 11 is 0. The van der Waals surface area contributed by atoms with Crippen molar-refractivity contribution in [1.82, 2.24) is 0 Å². The minimum Gasteiger partial charge on any atom is -0.493 e. The number of rotatable bonds is 10. The van der Waals surface area contributed by atoms with E-state index in [1.807, 2.05) is 0 Å². The van der Waals surface area contributed by atoms with E-state index in [1.54, 1.807) is 48.5 Å². The Morgan fingerprint density at radius 2 is 0.974 bits per heavy atom. The van der Waals surface area contributed by atoms with Crippen molar-refractivity contribution in [1.29, 1.82) is 0 Å². The number of hydrogen-bond acceptors (Lipinski definition) is 12. The third-order valence-electron chi connectivity index (χ3n) is 6.98. The highest BCUT2D eigenvalue weighted by Gasteiger charge is 2.45. The Morgan fingerprint density at radius 3 is 1.36 bits per heavy atom. The first kappa shape index (κ1) is 29.6. The van der Waals surface area contributed by atoms with Crippen LogP contribution >= 0.6 is 0 Å². The van der Waals surface area contributed by atoms with E-state index in [1.165, 1.54) is 0 Å². The monoisotopic (exact) mass is 552 g/mol. The second-order valence-corrected chi connectivity index (χ2v) is 9.69. The number of aliphatic hydroxyl groups is 8. The lowest BCUT2D eigenvalue weighted by Crippen LogP contribution is -2.55. The summed E-state index contributed by atoms with van der Waals surface area (Å²) < 4.78 is 22.8. The number of ether oxygens (including phenoxy) is 4. The molecule has 8 N–H and O–H groups in total. The van der Waals surface area contributed by atoms with Gasteiger partial charge in [-0.05, 0) is 35.4 Å². The summed E-state index contributed by atoms with van der Waals surface area (Å²) in [7, 11) is 0. The van der Waals surface area contributed by atoms with Crippen molar-refractivity contribution in [2.75, 3.05) is 26.4 Å². The molecule has 0 unspecified atom stereocenters.